The van der Waals surface area contributed by atoms with Crippen molar-refractivity contribution >= 4 is 11.9 Å². The molecule has 0 radical (unpaired) electrons. The summed E-state index contributed by atoms with van der Waals surface area (Å²) in [7, 11) is 0. The van der Waals surface area contributed by atoms with E-state index in [0.29, 0.717) is 0 Å². The van der Waals surface area contributed by atoms with Crippen LogP contribution in [0, 0.1) is 0 Å². The lowest BCUT2D eigenvalue weighted by Gasteiger charge is -2.43. The van der Waals surface area contributed by atoms with E-state index in [2.05, 4.69) is 16.1 Å². The van der Waals surface area contributed by atoms with Gasteiger partial charge in [-0.2, -0.15) is 167 Å². The SMILES string of the molecule is C=C(CC(=O)OCC(F)(F)C(F)(F)C(F)(F)C(F)(F)C(F)(F)C(F)(F)C(F)(F)C(F)(F)C(F)(F)F)C(=O)OCC(F)(F)C(F)(F)C(F)(F)C(F)(F)C(F)(F)C(F)(F)C(F)(F)C(F)(F)C(F)(F)F. The highest BCUT2D eigenvalue weighted by Gasteiger charge is 2.98. The van der Waals surface area contributed by atoms with E-state index in [9.17, 15) is 176 Å². The number of carbonyl (C=O) groups excluding carboxylic acids is 2. The van der Waals surface area contributed by atoms with E-state index in [1.54, 1.807) is 0 Å². The zero-order valence-corrected chi connectivity index (χ0v) is 29.3. The monoisotopic (exact) mass is 1090 g/mol. The Bertz CT molecular complexity index is 1830. The Balaban J connectivity index is 6.44. The molecular formula is C25H8F38O4. The van der Waals surface area contributed by atoms with Crippen LogP contribution in [-0.4, -0.2) is 132 Å². The van der Waals surface area contributed by atoms with Crippen molar-refractivity contribution < 1.29 is 186 Å². The van der Waals surface area contributed by atoms with E-state index in [-0.39, 0.29) is 0 Å². The molecule has 0 aliphatic rings. The molecule has 0 aromatic carbocycles. The second-order valence-electron chi connectivity index (χ2n) is 12.5. The van der Waals surface area contributed by atoms with Crippen LogP contribution in [0.15, 0.2) is 12.2 Å². The van der Waals surface area contributed by atoms with E-state index < -0.39 is 144 Å². The van der Waals surface area contributed by atoms with E-state index in [0.717, 1.165) is 0 Å². The van der Waals surface area contributed by atoms with Gasteiger partial charge in [0.2, 0.25) is 0 Å². The zero-order valence-electron chi connectivity index (χ0n) is 29.3. The third-order valence-corrected chi connectivity index (χ3v) is 7.81. The standard InChI is InChI=1S/C25H8F38O4/c1-5(7(65)67-4-9(28,29)11(32,33)13(36,37)15(40,41)17(44,45)19(48,49)21(52,53)23(56,57)25(61,62)63)2-6(64)66-3-8(26,27)10(30,31)12(34,35)14(38,39)16(42,43)18(46,47)20(50,51)22(54,55)24(58,59)60/h1-4H2. The molecule has 0 bridgehead atoms. The fourth-order valence-corrected chi connectivity index (χ4v) is 3.70. The first-order chi connectivity index (χ1) is 28.4. The molecule has 0 saturated heterocycles. The number of hydrogen-bond acceptors (Lipinski definition) is 4. The smallest absolute Gasteiger partial charge is 0.459 e. The van der Waals surface area contributed by atoms with Crippen LogP contribution in [0.5, 0.6) is 0 Å². The summed E-state index contributed by atoms with van der Waals surface area (Å²) in [5.74, 6) is -149. The minimum atomic E-state index is -9.42. The molecule has 398 valence electrons. The number of carbonyl (C=O) groups is 2. The van der Waals surface area contributed by atoms with Gasteiger partial charge in [-0.25, -0.2) is 4.79 Å². The van der Waals surface area contributed by atoms with E-state index in [1.165, 1.54) is 0 Å². The molecule has 0 N–H and O–H groups in total. The Kier molecular flexibility index (Phi) is 15.6. The molecule has 4 nitrogen and oxygen atoms in total. The van der Waals surface area contributed by atoms with Crippen LogP contribution in [-0.2, 0) is 19.1 Å². The summed E-state index contributed by atoms with van der Waals surface area (Å²) in [5.41, 5.74) is -2.36. The lowest BCUT2D eigenvalue weighted by atomic mass is 9.87. The maximum Gasteiger partial charge on any atom is 0.460 e. The van der Waals surface area contributed by atoms with Crippen LogP contribution >= 0.6 is 0 Å². The predicted molar refractivity (Wildman–Crippen MR) is 127 cm³/mol. The van der Waals surface area contributed by atoms with Crippen molar-refractivity contribution in [2.75, 3.05) is 13.2 Å². The lowest BCUT2D eigenvalue weighted by Crippen LogP contribution is -2.76. The van der Waals surface area contributed by atoms with Crippen molar-refractivity contribution in [1.82, 2.24) is 0 Å². The first-order valence-electron chi connectivity index (χ1n) is 14.6. The summed E-state index contributed by atoms with van der Waals surface area (Å²) in [6.07, 6.45) is -19.1. The number of alkyl halides is 38. The van der Waals surface area contributed by atoms with Crippen LogP contribution in [0.2, 0.25) is 0 Å². The Morgan fingerprint density at radius 3 is 0.672 bits per heavy atom. The Morgan fingerprint density at radius 2 is 0.463 bits per heavy atom. The molecular weight excluding hydrogens is 1090 g/mol. The number of esters is 2. The molecule has 0 aliphatic heterocycles. The molecule has 0 aromatic rings. The molecule has 42 heteroatoms. The Morgan fingerprint density at radius 1 is 0.284 bits per heavy atom. The average Bonchev–Trinajstić information content (AvgIpc) is 3.10. The van der Waals surface area contributed by atoms with Crippen LogP contribution in [0.25, 0.3) is 0 Å². The van der Waals surface area contributed by atoms with Gasteiger partial charge in [0.25, 0.3) is 0 Å². The number of rotatable bonds is 21. The third-order valence-electron chi connectivity index (χ3n) is 7.81. The van der Waals surface area contributed by atoms with Crippen molar-refractivity contribution in [3.63, 3.8) is 0 Å². The fourth-order valence-electron chi connectivity index (χ4n) is 3.70. The minimum absolute atomic E-state index is 2.07. The van der Waals surface area contributed by atoms with E-state index >= 15 is 0 Å². The van der Waals surface area contributed by atoms with Gasteiger partial charge in [-0.3, -0.25) is 4.79 Å². The largest absolute Gasteiger partial charge is 0.460 e. The number of ether oxygens (including phenoxy) is 2. The van der Waals surface area contributed by atoms with Crippen LogP contribution in [0.4, 0.5) is 167 Å². The van der Waals surface area contributed by atoms with Crippen LogP contribution in [0.3, 0.4) is 0 Å². The highest BCUT2D eigenvalue weighted by molar-refractivity contribution is 5.93. The zero-order chi connectivity index (χ0) is 55.3. The molecule has 0 unspecified atom stereocenters. The minimum Gasteiger partial charge on any atom is -0.459 e. The van der Waals surface area contributed by atoms with Crippen molar-refractivity contribution in [2.45, 2.75) is 114 Å². The van der Waals surface area contributed by atoms with Crippen molar-refractivity contribution in [1.29, 1.82) is 0 Å². The fraction of sp³-hybridized carbons (Fsp3) is 0.840. The molecule has 0 heterocycles. The molecule has 0 amide bonds. The third kappa shape index (κ3) is 8.73. The van der Waals surface area contributed by atoms with Crippen molar-refractivity contribution in [3.05, 3.63) is 12.2 Å². The van der Waals surface area contributed by atoms with Gasteiger partial charge < -0.3 is 9.47 Å². The quantitative estimate of drug-likeness (QED) is 0.0653. The van der Waals surface area contributed by atoms with Gasteiger partial charge in [0.15, 0.2) is 13.2 Å². The van der Waals surface area contributed by atoms with E-state index in [4.69, 9.17) is 0 Å². The summed E-state index contributed by atoms with van der Waals surface area (Å²) < 4.78 is 514. The van der Waals surface area contributed by atoms with E-state index in [1.807, 2.05) is 0 Å². The first kappa shape index (κ1) is 63.0. The van der Waals surface area contributed by atoms with Gasteiger partial charge in [0, 0.05) is 5.57 Å². The maximum atomic E-state index is 13.9. The Hall–Kier alpha value is -3.98. The lowest BCUT2D eigenvalue weighted by molar-refractivity contribution is -0.469. The van der Waals surface area contributed by atoms with Crippen molar-refractivity contribution in [3.8, 4) is 0 Å². The highest BCUT2D eigenvalue weighted by Crippen LogP contribution is 2.67. The molecule has 0 fully saturated rings. The topological polar surface area (TPSA) is 52.6 Å². The van der Waals surface area contributed by atoms with Gasteiger partial charge in [-0.15, -0.1) is 0 Å². The number of halogens is 38. The first-order valence-corrected chi connectivity index (χ1v) is 14.6. The van der Waals surface area contributed by atoms with Gasteiger partial charge >= 0.3 is 119 Å². The Labute approximate surface area is 338 Å². The molecule has 67 heavy (non-hydrogen) atoms. The molecule has 0 aromatic heterocycles. The summed E-state index contributed by atoms with van der Waals surface area (Å²) in [4.78, 5) is 23.1. The number of hydrogen-bond donors (Lipinski definition) is 0. The maximum absolute atomic E-state index is 13.9. The van der Waals surface area contributed by atoms with Crippen LogP contribution in [0.1, 0.15) is 6.42 Å². The average molecular weight is 1090 g/mol. The van der Waals surface area contributed by atoms with Gasteiger partial charge in [0.05, 0.1) is 6.42 Å². The summed E-state index contributed by atoms with van der Waals surface area (Å²) >= 11 is 0. The summed E-state index contributed by atoms with van der Waals surface area (Å²) in [6, 6.07) is 0. The van der Waals surface area contributed by atoms with Gasteiger partial charge in [0.1, 0.15) is 0 Å². The molecule has 0 spiro atoms. The van der Waals surface area contributed by atoms with Gasteiger partial charge in [-0.05, 0) is 0 Å². The normalized spacial score (nSPS) is 16.3. The second-order valence-corrected chi connectivity index (χ2v) is 12.5. The molecule has 0 rings (SSSR count). The van der Waals surface area contributed by atoms with Crippen LogP contribution < -0.4 is 0 Å². The second kappa shape index (κ2) is 16.6. The highest BCUT2D eigenvalue weighted by atomic mass is 19.4. The van der Waals surface area contributed by atoms with Crippen molar-refractivity contribution in [2.24, 2.45) is 0 Å². The van der Waals surface area contributed by atoms with Gasteiger partial charge in [-0.1, -0.05) is 6.58 Å². The molecule has 0 atom stereocenters. The summed E-state index contributed by atoms with van der Waals surface area (Å²) in [6.45, 7) is -6.27. The molecule has 0 aliphatic carbocycles. The predicted octanol–water partition coefficient (Wildman–Crippen LogP) is 12.3. The summed E-state index contributed by atoms with van der Waals surface area (Å²) in [5, 5.41) is 0. The molecule has 0 saturated carbocycles.